The van der Waals surface area contributed by atoms with Gasteiger partial charge in [-0.15, -0.1) is 0 Å². The molecule has 2 N–H and O–H groups in total. The summed E-state index contributed by atoms with van der Waals surface area (Å²) in [5, 5.41) is 18.7. The summed E-state index contributed by atoms with van der Waals surface area (Å²) in [5.74, 6) is -3.53. The average Bonchev–Trinajstić information content (AvgIpc) is 2.45. The van der Waals surface area contributed by atoms with Crippen LogP contribution in [0.3, 0.4) is 0 Å². The van der Waals surface area contributed by atoms with Crippen molar-refractivity contribution >= 4 is 11.9 Å². The minimum Gasteiger partial charge on any atom is -0.481 e. The van der Waals surface area contributed by atoms with Crippen LogP contribution < -0.4 is 0 Å². The number of aliphatic carboxylic acids is 1. The predicted molar refractivity (Wildman–Crippen MR) is 74.5 cm³/mol. The van der Waals surface area contributed by atoms with Crippen LogP contribution in [-0.4, -0.2) is 41.5 Å². The van der Waals surface area contributed by atoms with Crippen LogP contribution in [-0.2, 0) is 25.7 Å². The van der Waals surface area contributed by atoms with E-state index in [-0.39, 0.29) is 19.6 Å². The number of carbonyl (C=O) groups is 2. The van der Waals surface area contributed by atoms with E-state index in [0.29, 0.717) is 6.61 Å². The Bertz CT molecular complexity index is 445. The summed E-state index contributed by atoms with van der Waals surface area (Å²) < 4.78 is 9.98. The fraction of sp³-hybridized carbons (Fsp3) is 0.467. The maximum atomic E-state index is 11.5. The number of aliphatic hydroxyl groups is 1. The molecule has 1 aromatic carbocycles. The van der Waals surface area contributed by atoms with Crippen molar-refractivity contribution in [3.05, 3.63) is 35.9 Å². The van der Waals surface area contributed by atoms with E-state index in [1.54, 1.807) is 6.92 Å². The normalized spacial score (nSPS) is 13.4. The number of carboxylic acid groups (broad SMARTS) is 1. The van der Waals surface area contributed by atoms with Gasteiger partial charge in [-0.3, -0.25) is 9.59 Å². The standard InChI is InChI=1S/C15H20O6/c1-2-21-15(19)13(14(17)18)8-12(16)10-20-9-11-6-4-3-5-7-11/h3-7,12-13,16H,2,8-10H2,1H3,(H,17,18). The zero-order chi connectivity index (χ0) is 15.7. The van der Waals surface area contributed by atoms with E-state index in [2.05, 4.69) is 4.74 Å². The Kier molecular flexibility index (Phi) is 7.42. The molecule has 2 atom stereocenters. The summed E-state index contributed by atoms with van der Waals surface area (Å²) in [6.45, 7) is 1.96. The average molecular weight is 296 g/mol. The first-order valence-corrected chi connectivity index (χ1v) is 6.73. The third kappa shape index (κ3) is 6.37. The highest BCUT2D eigenvalue weighted by Crippen LogP contribution is 2.11. The third-order valence-electron chi connectivity index (χ3n) is 2.80. The van der Waals surface area contributed by atoms with Crippen molar-refractivity contribution in [1.29, 1.82) is 0 Å². The van der Waals surface area contributed by atoms with Crippen LogP contribution in [0.15, 0.2) is 30.3 Å². The van der Waals surface area contributed by atoms with Gasteiger partial charge in [-0.25, -0.2) is 0 Å². The van der Waals surface area contributed by atoms with Crippen LogP contribution in [0.1, 0.15) is 18.9 Å². The monoisotopic (exact) mass is 296 g/mol. The molecule has 0 heterocycles. The van der Waals surface area contributed by atoms with Crippen molar-refractivity contribution in [3.8, 4) is 0 Å². The van der Waals surface area contributed by atoms with Gasteiger partial charge in [-0.1, -0.05) is 30.3 Å². The van der Waals surface area contributed by atoms with Crippen LogP contribution in [0.25, 0.3) is 0 Å². The molecule has 1 rings (SSSR count). The Morgan fingerprint density at radius 1 is 1.24 bits per heavy atom. The van der Waals surface area contributed by atoms with Crippen molar-refractivity contribution in [3.63, 3.8) is 0 Å². The van der Waals surface area contributed by atoms with Crippen molar-refractivity contribution in [2.75, 3.05) is 13.2 Å². The fourth-order valence-corrected chi connectivity index (χ4v) is 1.77. The Morgan fingerprint density at radius 2 is 1.90 bits per heavy atom. The third-order valence-corrected chi connectivity index (χ3v) is 2.80. The minimum atomic E-state index is -1.37. The SMILES string of the molecule is CCOC(=O)C(CC(O)COCc1ccccc1)C(=O)O. The van der Waals surface area contributed by atoms with E-state index in [1.807, 2.05) is 30.3 Å². The van der Waals surface area contributed by atoms with Crippen LogP contribution in [0, 0.1) is 5.92 Å². The van der Waals surface area contributed by atoms with Gasteiger partial charge < -0.3 is 19.7 Å². The predicted octanol–water partition coefficient (Wildman–Crippen LogP) is 1.22. The van der Waals surface area contributed by atoms with Gasteiger partial charge in [0.1, 0.15) is 0 Å². The van der Waals surface area contributed by atoms with Crippen LogP contribution in [0.4, 0.5) is 0 Å². The largest absolute Gasteiger partial charge is 0.481 e. The van der Waals surface area contributed by atoms with E-state index in [1.165, 1.54) is 0 Å². The molecule has 0 amide bonds. The number of benzene rings is 1. The molecule has 0 saturated heterocycles. The van der Waals surface area contributed by atoms with Gasteiger partial charge in [0.25, 0.3) is 0 Å². The molecule has 0 aromatic heterocycles. The first-order chi connectivity index (χ1) is 10.0. The lowest BCUT2D eigenvalue weighted by molar-refractivity contribution is -0.160. The van der Waals surface area contributed by atoms with Gasteiger partial charge >= 0.3 is 11.9 Å². The maximum Gasteiger partial charge on any atom is 0.320 e. The Hall–Kier alpha value is -1.92. The number of rotatable bonds is 9. The number of hydrogen-bond donors (Lipinski definition) is 2. The van der Waals surface area contributed by atoms with Crippen molar-refractivity contribution in [1.82, 2.24) is 0 Å². The first kappa shape index (κ1) is 17.1. The van der Waals surface area contributed by atoms with Crippen molar-refractivity contribution < 1.29 is 29.3 Å². The van der Waals surface area contributed by atoms with Gasteiger partial charge in [0.15, 0.2) is 5.92 Å². The Balaban J connectivity index is 2.38. The smallest absolute Gasteiger partial charge is 0.320 e. The summed E-state index contributed by atoms with van der Waals surface area (Å²) in [6.07, 6.45) is -1.28. The summed E-state index contributed by atoms with van der Waals surface area (Å²) in [4.78, 5) is 22.5. The Labute approximate surface area is 123 Å². The first-order valence-electron chi connectivity index (χ1n) is 6.73. The molecule has 21 heavy (non-hydrogen) atoms. The molecule has 0 radical (unpaired) electrons. The van der Waals surface area contributed by atoms with Gasteiger partial charge in [0.05, 0.1) is 25.9 Å². The molecule has 0 spiro atoms. The second-order valence-electron chi connectivity index (χ2n) is 4.53. The molecule has 2 unspecified atom stereocenters. The highest BCUT2D eigenvalue weighted by Gasteiger charge is 2.30. The number of carbonyl (C=O) groups excluding carboxylic acids is 1. The highest BCUT2D eigenvalue weighted by atomic mass is 16.5. The summed E-state index contributed by atoms with van der Waals surface area (Å²) >= 11 is 0. The lowest BCUT2D eigenvalue weighted by Crippen LogP contribution is -2.31. The fourth-order valence-electron chi connectivity index (χ4n) is 1.77. The Morgan fingerprint density at radius 3 is 2.48 bits per heavy atom. The highest BCUT2D eigenvalue weighted by molar-refractivity contribution is 5.93. The van der Waals surface area contributed by atoms with Crippen LogP contribution >= 0.6 is 0 Å². The van der Waals surface area contributed by atoms with Crippen molar-refractivity contribution in [2.45, 2.75) is 26.1 Å². The molecule has 0 aliphatic heterocycles. The van der Waals surface area contributed by atoms with E-state index in [0.717, 1.165) is 5.56 Å². The maximum absolute atomic E-state index is 11.5. The number of aliphatic hydroxyl groups excluding tert-OH is 1. The molecule has 6 nitrogen and oxygen atoms in total. The molecular weight excluding hydrogens is 276 g/mol. The number of esters is 1. The molecule has 6 heteroatoms. The second kappa shape index (κ2) is 9.10. The van der Waals surface area contributed by atoms with E-state index in [9.17, 15) is 14.7 Å². The van der Waals surface area contributed by atoms with Gasteiger partial charge in [0.2, 0.25) is 0 Å². The van der Waals surface area contributed by atoms with E-state index >= 15 is 0 Å². The topological polar surface area (TPSA) is 93.1 Å². The number of carboxylic acids is 1. The molecule has 116 valence electrons. The summed E-state index contributed by atoms with van der Waals surface area (Å²) in [7, 11) is 0. The van der Waals surface area contributed by atoms with E-state index in [4.69, 9.17) is 9.84 Å². The quantitative estimate of drug-likeness (QED) is 0.526. The summed E-state index contributed by atoms with van der Waals surface area (Å²) in [5.41, 5.74) is 0.949. The molecule has 0 saturated carbocycles. The van der Waals surface area contributed by atoms with Crippen molar-refractivity contribution in [2.24, 2.45) is 5.92 Å². The van der Waals surface area contributed by atoms with Gasteiger partial charge in [0, 0.05) is 0 Å². The van der Waals surface area contributed by atoms with Gasteiger partial charge in [-0.05, 0) is 18.9 Å². The molecular formula is C15H20O6. The molecule has 0 aliphatic carbocycles. The van der Waals surface area contributed by atoms with Crippen LogP contribution in [0.2, 0.25) is 0 Å². The van der Waals surface area contributed by atoms with E-state index < -0.39 is 24.0 Å². The summed E-state index contributed by atoms with van der Waals surface area (Å²) in [6, 6.07) is 9.39. The molecule has 1 aromatic rings. The second-order valence-corrected chi connectivity index (χ2v) is 4.53. The molecule has 0 bridgehead atoms. The number of ether oxygens (including phenoxy) is 2. The van der Waals surface area contributed by atoms with Gasteiger partial charge in [-0.2, -0.15) is 0 Å². The van der Waals surface area contributed by atoms with Crippen LogP contribution in [0.5, 0.6) is 0 Å². The molecule has 0 aliphatic rings. The zero-order valence-electron chi connectivity index (χ0n) is 11.9. The lowest BCUT2D eigenvalue weighted by Gasteiger charge is -2.16. The minimum absolute atomic E-state index is 0.0436. The lowest BCUT2D eigenvalue weighted by atomic mass is 10.0. The molecule has 0 fully saturated rings. The number of hydrogen-bond acceptors (Lipinski definition) is 5. The zero-order valence-corrected chi connectivity index (χ0v) is 11.9.